The van der Waals surface area contributed by atoms with Gasteiger partial charge in [0.15, 0.2) is 0 Å². The van der Waals surface area contributed by atoms with E-state index in [1.165, 1.54) is 4.70 Å². The van der Waals surface area contributed by atoms with Crippen LogP contribution in [-0.2, 0) is 11.3 Å². The van der Waals surface area contributed by atoms with Gasteiger partial charge in [0.1, 0.15) is 10.8 Å². The summed E-state index contributed by atoms with van der Waals surface area (Å²) in [7, 11) is 1.68. The molecule has 1 aliphatic rings. The van der Waals surface area contributed by atoms with Gasteiger partial charge in [-0.1, -0.05) is 0 Å². The maximum Gasteiger partial charge on any atom is 0.120 e. The first-order valence-electron chi connectivity index (χ1n) is 6.76. The van der Waals surface area contributed by atoms with Crippen LogP contribution in [-0.4, -0.2) is 49.3 Å². The molecule has 3 rings (SSSR count). The van der Waals surface area contributed by atoms with Gasteiger partial charge in [0.25, 0.3) is 0 Å². The first kappa shape index (κ1) is 13.8. The summed E-state index contributed by atoms with van der Waals surface area (Å²) in [6.07, 6.45) is 0.151. The van der Waals surface area contributed by atoms with E-state index in [2.05, 4.69) is 9.88 Å². The van der Waals surface area contributed by atoms with E-state index in [9.17, 15) is 0 Å². The Kier molecular flexibility index (Phi) is 4.16. The van der Waals surface area contributed by atoms with Crippen molar-refractivity contribution in [2.75, 3.05) is 33.4 Å². The van der Waals surface area contributed by atoms with Crippen molar-refractivity contribution in [3.63, 3.8) is 0 Å². The Hall–Kier alpha value is -1.21. The Morgan fingerprint density at radius 1 is 1.55 bits per heavy atom. The van der Waals surface area contributed by atoms with Gasteiger partial charge in [-0.05, 0) is 18.2 Å². The molecule has 0 aliphatic carbocycles. The third kappa shape index (κ3) is 2.93. The molecule has 6 heteroatoms. The van der Waals surface area contributed by atoms with Gasteiger partial charge in [0.05, 0.1) is 36.6 Å². The Morgan fingerprint density at radius 3 is 3.25 bits per heavy atom. The van der Waals surface area contributed by atoms with Gasteiger partial charge in [-0.2, -0.15) is 0 Å². The zero-order valence-electron chi connectivity index (χ0n) is 11.5. The van der Waals surface area contributed by atoms with Crippen molar-refractivity contribution in [1.82, 2.24) is 9.88 Å². The van der Waals surface area contributed by atoms with Crippen LogP contribution in [0.15, 0.2) is 18.2 Å². The SMILES string of the molecule is COc1ccc2nc(CN3CCOC(CN)C3)sc2c1. The number of benzene rings is 1. The summed E-state index contributed by atoms with van der Waals surface area (Å²) in [5, 5.41) is 1.13. The minimum absolute atomic E-state index is 0.151. The predicted octanol–water partition coefficient (Wildman–Crippen LogP) is 1.46. The Labute approximate surface area is 122 Å². The molecular formula is C14H19N3O2S. The van der Waals surface area contributed by atoms with Crippen molar-refractivity contribution >= 4 is 21.6 Å². The first-order valence-corrected chi connectivity index (χ1v) is 7.57. The van der Waals surface area contributed by atoms with E-state index in [-0.39, 0.29) is 6.10 Å². The fourth-order valence-corrected chi connectivity index (χ4v) is 3.44. The van der Waals surface area contributed by atoms with Crippen molar-refractivity contribution < 1.29 is 9.47 Å². The van der Waals surface area contributed by atoms with E-state index in [0.717, 1.165) is 42.5 Å². The molecule has 1 atom stereocenters. The molecule has 2 heterocycles. The number of hydrogen-bond acceptors (Lipinski definition) is 6. The molecule has 0 amide bonds. The van der Waals surface area contributed by atoms with Gasteiger partial charge in [-0.25, -0.2) is 4.98 Å². The molecule has 1 saturated heterocycles. The molecule has 0 radical (unpaired) electrons. The molecule has 2 aromatic rings. The first-order chi connectivity index (χ1) is 9.78. The molecule has 1 unspecified atom stereocenters. The smallest absolute Gasteiger partial charge is 0.120 e. The van der Waals surface area contributed by atoms with Gasteiger partial charge in [-0.15, -0.1) is 11.3 Å². The number of morpholine rings is 1. The molecule has 2 N–H and O–H groups in total. The molecule has 1 aromatic carbocycles. The third-order valence-electron chi connectivity index (χ3n) is 3.48. The zero-order chi connectivity index (χ0) is 13.9. The highest BCUT2D eigenvalue weighted by Crippen LogP contribution is 2.27. The molecule has 1 aromatic heterocycles. The predicted molar refractivity (Wildman–Crippen MR) is 80.2 cm³/mol. The van der Waals surface area contributed by atoms with Gasteiger partial charge in [0, 0.05) is 19.6 Å². The minimum atomic E-state index is 0.151. The van der Waals surface area contributed by atoms with Crippen molar-refractivity contribution in [3.05, 3.63) is 23.2 Å². The second kappa shape index (κ2) is 6.05. The summed E-state index contributed by atoms with van der Waals surface area (Å²) in [5.74, 6) is 0.877. The number of thiazole rings is 1. The molecule has 0 saturated carbocycles. The second-order valence-electron chi connectivity index (χ2n) is 4.90. The molecule has 1 fully saturated rings. The van der Waals surface area contributed by atoms with Crippen molar-refractivity contribution in [1.29, 1.82) is 0 Å². The van der Waals surface area contributed by atoms with Crippen LogP contribution in [0.1, 0.15) is 5.01 Å². The Bertz CT molecular complexity index is 587. The molecule has 108 valence electrons. The largest absolute Gasteiger partial charge is 0.497 e. The van der Waals surface area contributed by atoms with Gasteiger partial charge < -0.3 is 15.2 Å². The average Bonchev–Trinajstić information content (AvgIpc) is 2.88. The standard InChI is InChI=1S/C14H19N3O2S/c1-18-10-2-3-12-13(6-10)20-14(16-12)9-17-4-5-19-11(7-15)8-17/h2-3,6,11H,4-5,7-9,15H2,1H3. The third-order valence-corrected chi connectivity index (χ3v) is 4.49. The number of ether oxygens (including phenoxy) is 2. The summed E-state index contributed by atoms with van der Waals surface area (Å²) in [6.45, 7) is 4.02. The summed E-state index contributed by atoms with van der Waals surface area (Å²) in [5.41, 5.74) is 6.71. The van der Waals surface area contributed by atoms with Crippen LogP contribution in [0.4, 0.5) is 0 Å². The topological polar surface area (TPSA) is 60.6 Å². The number of rotatable bonds is 4. The summed E-state index contributed by atoms with van der Waals surface area (Å²) >= 11 is 1.72. The molecule has 20 heavy (non-hydrogen) atoms. The maximum atomic E-state index is 5.67. The van der Waals surface area contributed by atoms with E-state index in [1.54, 1.807) is 18.4 Å². The Balaban J connectivity index is 1.74. The minimum Gasteiger partial charge on any atom is -0.497 e. The molecule has 0 spiro atoms. The van der Waals surface area contributed by atoms with Crippen molar-refractivity contribution in [2.24, 2.45) is 5.73 Å². The highest BCUT2D eigenvalue weighted by Gasteiger charge is 2.20. The van der Waals surface area contributed by atoms with Gasteiger partial charge >= 0.3 is 0 Å². The van der Waals surface area contributed by atoms with Crippen molar-refractivity contribution in [2.45, 2.75) is 12.6 Å². The average molecular weight is 293 g/mol. The maximum absolute atomic E-state index is 5.67. The molecular weight excluding hydrogens is 274 g/mol. The number of aromatic nitrogens is 1. The van der Waals surface area contributed by atoms with E-state index >= 15 is 0 Å². The van der Waals surface area contributed by atoms with Crippen LogP contribution in [0.25, 0.3) is 10.2 Å². The molecule has 5 nitrogen and oxygen atoms in total. The summed E-state index contributed by atoms with van der Waals surface area (Å²) in [6, 6.07) is 6.00. The highest BCUT2D eigenvalue weighted by atomic mass is 32.1. The molecule has 1 aliphatic heterocycles. The summed E-state index contributed by atoms with van der Waals surface area (Å²) < 4.78 is 12.0. The van der Waals surface area contributed by atoms with Crippen LogP contribution in [0.3, 0.4) is 0 Å². The number of hydrogen-bond donors (Lipinski definition) is 1. The highest BCUT2D eigenvalue weighted by molar-refractivity contribution is 7.18. The van der Waals surface area contributed by atoms with Crippen LogP contribution in [0, 0.1) is 0 Å². The monoisotopic (exact) mass is 293 g/mol. The number of methoxy groups -OCH3 is 1. The van der Waals surface area contributed by atoms with Crippen LogP contribution in [0.5, 0.6) is 5.75 Å². The molecule has 0 bridgehead atoms. The Morgan fingerprint density at radius 2 is 2.45 bits per heavy atom. The van der Waals surface area contributed by atoms with Crippen molar-refractivity contribution in [3.8, 4) is 5.75 Å². The van der Waals surface area contributed by atoms with E-state index < -0.39 is 0 Å². The zero-order valence-corrected chi connectivity index (χ0v) is 12.4. The van der Waals surface area contributed by atoms with E-state index in [4.69, 9.17) is 15.2 Å². The fraction of sp³-hybridized carbons (Fsp3) is 0.500. The number of nitrogens with two attached hydrogens (primary N) is 1. The van der Waals surface area contributed by atoms with Gasteiger partial charge in [0.2, 0.25) is 0 Å². The van der Waals surface area contributed by atoms with Gasteiger partial charge in [-0.3, -0.25) is 4.90 Å². The fourth-order valence-electron chi connectivity index (χ4n) is 2.41. The van der Waals surface area contributed by atoms with Crippen LogP contribution in [0.2, 0.25) is 0 Å². The van der Waals surface area contributed by atoms with Crippen LogP contribution < -0.4 is 10.5 Å². The van der Waals surface area contributed by atoms with E-state index in [0.29, 0.717) is 6.54 Å². The lowest BCUT2D eigenvalue weighted by Crippen LogP contribution is -2.45. The van der Waals surface area contributed by atoms with Crippen LogP contribution >= 0.6 is 11.3 Å². The van der Waals surface area contributed by atoms with E-state index in [1.807, 2.05) is 18.2 Å². The quantitative estimate of drug-likeness (QED) is 0.925. The lowest BCUT2D eigenvalue weighted by molar-refractivity contribution is -0.0260. The number of fused-ring (bicyclic) bond motifs is 1. The normalized spacial score (nSPS) is 20.4. The lowest BCUT2D eigenvalue weighted by Gasteiger charge is -2.31. The second-order valence-corrected chi connectivity index (χ2v) is 6.02. The number of nitrogens with zero attached hydrogens (tertiary/aromatic N) is 2. The summed E-state index contributed by atoms with van der Waals surface area (Å²) in [4.78, 5) is 7.04. The lowest BCUT2D eigenvalue weighted by atomic mass is 10.3.